The Bertz CT molecular complexity index is 358. The van der Waals surface area contributed by atoms with Gasteiger partial charge in [-0.1, -0.05) is 37.8 Å². The Kier molecular flexibility index (Phi) is 5.54. The molecule has 88 valence electrons. The van der Waals surface area contributed by atoms with Crippen LogP contribution >= 0.6 is 11.6 Å². The van der Waals surface area contributed by atoms with Gasteiger partial charge in [-0.15, -0.1) is 0 Å². The molecule has 0 spiro atoms. The molecule has 1 rings (SSSR count). The van der Waals surface area contributed by atoms with Gasteiger partial charge in [0.1, 0.15) is 0 Å². The highest BCUT2D eigenvalue weighted by molar-refractivity contribution is 6.31. The Balaban J connectivity index is 2.50. The van der Waals surface area contributed by atoms with Gasteiger partial charge in [0.25, 0.3) is 0 Å². The minimum atomic E-state index is 0.232. The first kappa shape index (κ1) is 13.2. The van der Waals surface area contributed by atoms with Crippen LogP contribution in [0.25, 0.3) is 0 Å². The Hall–Kier alpha value is -0.820. The van der Waals surface area contributed by atoms with Crippen molar-refractivity contribution in [3.8, 4) is 0 Å². The maximum Gasteiger partial charge on any atom is 0.162 e. The lowest BCUT2D eigenvalue weighted by Crippen LogP contribution is -1.99. The SMILES string of the molecule is CCCCCCC(=O)c1ccc(Cl)c(C)c1. The molecular formula is C14H19ClO. The largest absolute Gasteiger partial charge is 0.294 e. The normalized spacial score (nSPS) is 10.4. The van der Waals surface area contributed by atoms with E-state index in [1.807, 2.05) is 19.1 Å². The van der Waals surface area contributed by atoms with Crippen molar-refractivity contribution in [3.05, 3.63) is 34.3 Å². The number of hydrogen-bond acceptors (Lipinski definition) is 1. The second-order valence-corrected chi connectivity index (χ2v) is 4.60. The van der Waals surface area contributed by atoms with Crippen LogP contribution in [-0.4, -0.2) is 5.78 Å². The zero-order valence-corrected chi connectivity index (χ0v) is 10.8. The van der Waals surface area contributed by atoms with E-state index in [1.165, 1.54) is 12.8 Å². The standard InChI is InChI=1S/C14H19ClO/c1-3-4-5-6-7-14(16)12-8-9-13(15)11(2)10-12/h8-10H,3-7H2,1-2H3. The number of hydrogen-bond donors (Lipinski definition) is 0. The summed E-state index contributed by atoms with van der Waals surface area (Å²) in [6.07, 6.45) is 5.21. The summed E-state index contributed by atoms with van der Waals surface area (Å²) in [7, 11) is 0. The second kappa shape index (κ2) is 6.70. The van der Waals surface area contributed by atoms with Crippen molar-refractivity contribution in [2.75, 3.05) is 0 Å². The second-order valence-electron chi connectivity index (χ2n) is 4.20. The van der Waals surface area contributed by atoms with E-state index < -0.39 is 0 Å². The fourth-order valence-electron chi connectivity index (χ4n) is 1.67. The molecule has 0 aliphatic rings. The third kappa shape index (κ3) is 3.97. The molecule has 0 saturated carbocycles. The zero-order valence-electron chi connectivity index (χ0n) is 10.1. The Labute approximate surface area is 103 Å². The van der Waals surface area contributed by atoms with E-state index in [0.29, 0.717) is 6.42 Å². The molecule has 0 heterocycles. The first-order valence-corrected chi connectivity index (χ1v) is 6.32. The van der Waals surface area contributed by atoms with Gasteiger partial charge in [0.15, 0.2) is 5.78 Å². The van der Waals surface area contributed by atoms with Crippen LogP contribution in [0.3, 0.4) is 0 Å². The summed E-state index contributed by atoms with van der Waals surface area (Å²) in [4.78, 5) is 11.8. The summed E-state index contributed by atoms with van der Waals surface area (Å²) in [6, 6.07) is 5.50. The van der Waals surface area contributed by atoms with Gasteiger partial charge in [-0.2, -0.15) is 0 Å². The summed E-state index contributed by atoms with van der Waals surface area (Å²) >= 11 is 5.92. The first-order valence-electron chi connectivity index (χ1n) is 5.94. The number of carbonyl (C=O) groups excluding carboxylic acids is 1. The third-order valence-corrected chi connectivity index (χ3v) is 3.16. The number of aryl methyl sites for hydroxylation is 1. The maximum atomic E-state index is 11.8. The minimum absolute atomic E-state index is 0.232. The molecule has 0 saturated heterocycles. The topological polar surface area (TPSA) is 17.1 Å². The zero-order chi connectivity index (χ0) is 12.0. The monoisotopic (exact) mass is 238 g/mol. The first-order chi connectivity index (χ1) is 7.65. The van der Waals surface area contributed by atoms with E-state index in [9.17, 15) is 4.79 Å². The molecule has 0 radical (unpaired) electrons. The number of Topliss-reactive ketones (excluding diaryl/α,β-unsaturated/α-hetero) is 1. The van der Waals surface area contributed by atoms with Gasteiger partial charge in [0.05, 0.1) is 0 Å². The van der Waals surface area contributed by atoms with E-state index in [1.54, 1.807) is 6.07 Å². The van der Waals surface area contributed by atoms with Crippen molar-refractivity contribution in [2.24, 2.45) is 0 Å². The fraction of sp³-hybridized carbons (Fsp3) is 0.500. The van der Waals surface area contributed by atoms with Crippen molar-refractivity contribution in [1.82, 2.24) is 0 Å². The van der Waals surface area contributed by atoms with E-state index in [0.717, 1.165) is 29.0 Å². The Morgan fingerprint density at radius 1 is 1.25 bits per heavy atom. The van der Waals surface area contributed by atoms with Crippen molar-refractivity contribution in [1.29, 1.82) is 0 Å². The maximum absolute atomic E-state index is 11.8. The summed E-state index contributed by atoms with van der Waals surface area (Å²) < 4.78 is 0. The van der Waals surface area contributed by atoms with Crippen LogP contribution in [0.5, 0.6) is 0 Å². The molecule has 0 fully saturated rings. The van der Waals surface area contributed by atoms with Gasteiger partial charge in [-0.25, -0.2) is 0 Å². The van der Waals surface area contributed by atoms with E-state index in [2.05, 4.69) is 6.92 Å². The van der Waals surface area contributed by atoms with Gasteiger partial charge in [-0.3, -0.25) is 4.79 Å². The highest BCUT2D eigenvalue weighted by atomic mass is 35.5. The number of halogens is 1. The molecule has 16 heavy (non-hydrogen) atoms. The molecule has 0 aliphatic carbocycles. The van der Waals surface area contributed by atoms with Gasteiger partial charge in [0.2, 0.25) is 0 Å². The molecule has 0 bridgehead atoms. The third-order valence-electron chi connectivity index (χ3n) is 2.74. The average molecular weight is 239 g/mol. The van der Waals surface area contributed by atoms with Crippen molar-refractivity contribution in [3.63, 3.8) is 0 Å². The van der Waals surface area contributed by atoms with Crippen LogP contribution in [0, 0.1) is 6.92 Å². The van der Waals surface area contributed by atoms with Gasteiger partial charge in [-0.05, 0) is 37.1 Å². The smallest absolute Gasteiger partial charge is 0.162 e. The molecule has 2 heteroatoms. The molecule has 0 N–H and O–H groups in total. The Morgan fingerprint density at radius 2 is 2.00 bits per heavy atom. The predicted molar refractivity (Wildman–Crippen MR) is 69.3 cm³/mol. The molecule has 1 aromatic rings. The molecule has 1 aromatic carbocycles. The van der Waals surface area contributed by atoms with E-state index in [4.69, 9.17) is 11.6 Å². The van der Waals surface area contributed by atoms with Crippen LogP contribution in [0.4, 0.5) is 0 Å². The van der Waals surface area contributed by atoms with Gasteiger partial charge < -0.3 is 0 Å². The summed E-state index contributed by atoms with van der Waals surface area (Å²) in [5, 5.41) is 0.725. The molecule has 0 aromatic heterocycles. The van der Waals surface area contributed by atoms with Crippen LogP contribution < -0.4 is 0 Å². The molecule has 0 atom stereocenters. The van der Waals surface area contributed by atoms with E-state index in [-0.39, 0.29) is 5.78 Å². The quantitative estimate of drug-likeness (QED) is 0.514. The lowest BCUT2D eigenvalue weighted by Gasteiger charge is -2.03. The van der Waals surface area contributed by atoms with Crippen LogP contribution in [0.2, 0.25) is 5.02 Å². The van der Waals surface area contributed by atoms with Crippen LogP contribution in [-0.2, 0) is 0 Å². The molecular weight excluding hydrogens is 220 g/mol. The Morgan fingerprint density at radius 3 is 2.62 bits per heavy atom. The molecule has 0 unspecified atom stereocenters. The number of rotatable bonds is 6. The summed E-state index contributed by atoms with van der Waals surface area (Å²) in [6.45, 7) is 4.10. The van der Waals surface area contributed by atoms with Crippen molar-refractivity contribution < 1.29 is 4.79 Å². The van der Waals surface area contributed by atoms with Crippen LogP contribution in [0.1, 0.15) is 54.9 Å². The molecule has 0 amide bonds. The predicted octanol–water partition coefficient (Wildman–Crippen LogP) is 4.80. The number of ketones is 1. The van der Waals surface area contributed by atoms with Crippen molar-refractivity contribution in [2.45, 2.75) is 46.0 Å². The molecule has 1 nitrogen and oxygen atoms in total. The number of carbonyl (C=O) groups is 1. The lowest BCUT2D eigenvalue weighted by molar-refractivity contribution is 0.0979. The van der Waals surface area contributed by atoms with Crippen LogP contribution in [0.15, 0.2) is 18.2 Å². The number of unbranched alkanes of at least 4 members (excludes halogenated alkanes) is 3. The fourth-order valence-corrected chi connectivity index (χ4v) is 1.79. The summed E-state index contributed by atoms with van der Waals surface area (Å²) in [5.74, 6) is 0.232. The van der Waals surface area contributed by atoms with Crippen molar-refractivity contribution >= 4 is 17.4 Å². The van der Waals surface area contributed by atoms with Gasteiger partial charge in [0, 0.05) is 17.0 Å². The van der Waals surface area contributed by atoms with Gasteiger partial charge >= 0.3 is 0 Å². The van der Waals surface area contributed by atoms with E-state index >= 15 is 0 Å². The average Bonchev–Trinajstić information content (AvgIpc) is 2.28. The highest BCUT2D eigenvalue weighted by Gasteiger charge is 2.06. The minimum Gasteiger partial charge on any atom is -0.294 e. The molecule has 0 aliphatic heterocycles. The highest BCUT2D eigenvalue weighted by Crippen LogP contribution is 2.18. The lowest BCUT2D eigenvalue weighted by atomic mass is 10.0. The summed E-state index contributed by atoms with van der Waals surface area (Å²) in [5.41, 5.74) is 1.76. The number of benzene rings is 1.